The van der Waals surface area contributed by atoms with E-state index in [2.05, 4.69) is 28.1 Å². The molecule has 118 valence electrons. The predicted octanol–water partition coefficient (Wildman–Crippen LogP) is 4.56. The zero-order valence-electron chi connectivity index (χ0n) is 13.0. The minimum absolute atomic E-state index is 0.0373. The lowest BCUT2D eigenvalue weighted by Crippen LogP contribution is -2.27. The smallest absolute Gasteiger partial charge is 0.222 e. The quantitative estimate of drug-likeness (QED) is 0.732. The molecule has 0 radical (unpaired) electrons. The van der Waals surface area contributed by atoms with E-state index in [-0.39, 0.29) is 11.9 Å². The van der Waals surface area contributed by atoms with Crippen LogP contribution in [-0.2, 0) is 11.3 Å². The van der Waals surface area contributed by atoms with Crippen LogP contribution in [0.4, 0.5) is 0 Å². The van der Waals surface area contributed by atoms with Gasteiger partial charge in [0.15, 0.2) is 0 Å². The van der Waals surface area contributed by atoms with Crippen molar-refractivity contribution in [2.75, 3.05) is 0 Å². The third kappa shape index (κ3) is 3.74. The molecule has 1 amide bonds. The summed E-state index contributed by atoms with van der Waals surface area (Å²) in [6.45, 7) is 2.64. The van der Waals surface area contributed by atoms with Gasteiger partial charge >= 0.3 is 0 Å². The Morgan fingerprint density at radius 1 is 1.17 bits per heavy atom. The van der Waals surface area contributed by atoms with Gasteiger partial charge in [0, 0.05) is 29.7 Å². The van der Waals surface area contributed by atoms with Crippen LogP contribution >= 0.6 is 11.6 Å². The maximum Gasteiger partial charge on any atom is 0.222 e. The Balaban J connectivity index is 1.59. The first kappa shape index (κ1) is 15.6. The van der Waals surface area contributed by atoms with E-state index >= 15 is 0 Å². The SMILES string of the molecule is CC(NC(=O)CCn1ccc2ccccc21)c1cccc(Cl)c1. The van der Waals surface area contributed by atoms with Crippen LogP contribution in [-0.4, -0.2) is 10.5 Å². The lowest BCUT2D eigenvalue weighted by atomic mass is 10.1. The Hall–Kier alpha value is -2.26. The van der Waals surface area contributed by atoms with Crippen molar-refractivity contribution < 1.29 is 4.79 Å². The van der Waals surface area contributed by atoms with Crippen LogP contribution in [0.3, 0.4) is 0 Å². The van der Waals surface area contributed by atoms with Crippen LogP contribution in [0.2, 0.25) is 5.02 Å². The van der Waals surface area contributed by atoms with Gasteiger partial charge in [-0.25, -0.2) is 0 Å². The fraction of sp³-hybridized carbons (Fsp3) is 0.211. The van der Waals surface area contributed by atoms with Crippen molar-refractivity contribution in [1.29, 1.82) is 0 Å². The van der Waals surface area contributed by atoms with Gasteiger partial charge in [-0.05, 0) is 42.1 Å². The van der Waals surface area contributed by atoms with Gasteiger partial charge in [0.25, 0.3) is 0 Å². The summed E-state index contributed by atoms with van der Waals surface area (Å²) in [6, 6.07) is 17.8. The second kappa shape index (κ2) is 6.88. The van der Waals surface area contributed by atoms with E-state index in [1.807, 2.05) is 49.5 Å². The largest absolute Gasteiger partial charge is 0.350 e. The summed E-state index contributed by atoms with van der Waals surface area (Å²) in [6.07, 6.45) is 2.47. The van der Waals surface area contributed by atoms with Crippen molar-refractivity contribution in [3.63, 3.8) is 0 Å². The molecule has 0 bridgehead atoms. The van der Waals surface area contributed by atoms with Gasteiger partial charge in [-0.3, -0.25) is 4.79 Å². The maximum atomic E-state index is 12.2. The Labute approximate surface area is 140 Å². The number of halogens is 1. The number of nitrogens with one attached hydrogen (secondary N) is 1. The zero-order valence-corrected chi connectivity index (χ0v) is 13.8. The molecule has 3 rings (SSSR count). The molecule has 0 saturated heterocycles. The van der Waals surface area contributed by atoms with Crippen molar-refractivity contribution in [1.82, 2.24) is 9.88 Å². The Bertz CT molecular complexity index is 825. The third-order valence-corrected chi connectivity index (χ3v) is 4.22. The number of nitrogens with zero attached hydrogens (tertiary/aromatic N) is 1. The van der Waals surface area contributed by atoms with Gasteiger partial charge in [-0.15, -0.1) is 0 Å². The van der Waals surface area contributed by atoms with Crippen molar-refractivity contribution in [3.05, 3.63) is 71.4 Å². The van der Waals surface area contributed by atoms with E-state index in [1.165, 1.54) is 5.39 Å². The summed E-state index contributed by atoms with van der Waals surface area (Å²) in [5.74, 6) is 0.0373. The van der Waals surface area contributed by atoms with Gasteiger partial charge < -0.3 is 9.88 Å². The Morgan fingerprint density at radius 3 is 2.83 bits per heavy atom. The molecule has 2 aromatic carbocycles. The number of aromatic nitrogens is 1. The molecule has 0 saturated carbocycles. The molecule has 0 fully saturated rings. The lowest BCUT2D eigenvalue weighted by molar-refractivity contribution is -0.121. The molecule has 0 aliphatic rings. The minimum atomic E-state index is -0.0531. The molecule has 1 aromatic heterocycles. The van der Waals surface area contributed by atoms with Crippen LogP contribution in [0.1, 0.15) is 24.9 Å². The first-order valence-electron chi connectivity index (χ1n) is 7.72. The fourth-order valence-corrected chi connectivity index (χ4v) is 2.93. The number of aryl methyl sites for hydroxylation is 1. The van der Waals surface area contributed by atoms with E-state index in [4.69, 9.17) is 11.6 Å². The maximum absolute atomic E-state index is 12.2. The average Bonchev–Trinajstić information content (AvgIpc) is 2.96. The van der Waals surface area contributed by atoms with Crippen LogP contribution < -0.4 is 5.32 Å². The van der Waals surface area contributed by atoms with Crippen molar-refractivity contribution in [3.8, 4) is 0 Å². The first-order chi connectivity index (χ1) is 11.1. The van der Waals surface area contributed by atoms with Crippen LogP contribution in [0.5, 0.6) is 0 Å². The number of amides is 1. The van der Waals surface area contributed by atoms with E-state index < -0.39 is 0 Å². The topological polar surface area (TPSA) is 34.0 Å². The van der Waals surface area contributed by atoms with Crippen molar-refractivity contribution in [2.45, 2.75) is 25.9 Å². The highest BCUT2D eigenvalue weighted by Gasteiger charge is 2.10. The molecule has 1 N–H and O–H groups in total. The van der Waals surface area contributed by atoms with Gasteiger partial charge in [0.05, 0.1) is 6.04 Å². The molecular weight excluding hydrogens is 308 g/mol. The van der Waals surface area contributed by atoms with E-state index in [9.17, 15) is 4.79 Å². The first-order valence-corrected chi connectivity index (χ1v) is 8.10. The molecule has 1 heterocycles. The predicted molar refractivity (Wildman–Crippen MR) is 94.6 cm³/mol. The van der Waals surface area contributed by atoms with Gasteiger partial charge in [-0.1, -0.05) is 41.9 Å². The number of fused-ring (bicyclic) bond motifs is 1. The van der Waals surface area contributed by atoms with Crippen LogP contribution in [0.15, 0.2) is 60.8 Å². The van der Waals surface area contributed by atoms with E-state index in [0.29, 0.717) is 18.0 Å². The summed E-state index contributed by atoms with van der Waals surface area (Å²) < 4.78 is 2.11. The summed E-state index contributed by atoms with van der Waals surface area (Å²) >= 11 is 5.99. The van der Waals surface area contributed by atoms with Crippen LogP contribution in [0.25, 0.3) is 10.9 Å². The monoisotopic (exact) mass is 326 g/mol. The van der Waals surface area contributed by atoms with E-state index in [1.54, 1.807) is 0 Å². The van der Waals surface area contributed by atoms with Gasteiger partial charge in [0.1, 0.15) is 0 Å². The molecule has 4 heteroatoms. The number of hydrogen-bond acceptors (Lipinski definition) is 1. The molecule has 1 unspecified atom stereocenters. The number of carbonyl (C=O) groups is 1. The second-order valence-electron chi connectivity index (χ2n) is 5.66. The molecule has 0 aliphatic heterocycles. The summed E-state index contributed by atoms with van der Waals surface area (Å²) in [4.78, 5) is 12.2. The summed E-state index contributed by atoms with van der Waals surface area (Å²) in [5, 5.41) is 4.90. The number of rotatable bonds is 5. The Kier molecular flexibility index (Phi) is 4.68. The van der Waals surface area contributed by atoms with Crippen LogP contribution in [0, 0.1) is 0 Å². The number of carbonyl (C=O) groups excluding carboxylic acids is 1. The van der Waals surface area contributed by atoms with Gasteiger partial charge in [0.2, 0.25) is 5.91 Å². The molecule has 3 nitrogen and oxygen atoms in total. The highest BCUT2D eigenvalue weighted by atomic mass is 35.5. The number of benzene rings is 2. The second-order valence-corrected chi connectivity index (χ2v) is 6.10. The summed E-state index contributed by atoms with van der Waals surface area (Å²) in [5.41, 5.74) is 2.17. The molecular formula is C19H19ClN2O. The third-order valence-electron chi connectivity index (χ3n) is 3.99. The average molecular weight is 327 g/mol. The Morgan fingerprint density at radius 2 is 2.00 bits per heavy atom. The molecule has 23 heavy (non-hydrogen) atoms. The molecule has 1 atom stereocenters. The number of para-hydroxylation sites is 1. The molecule has 3 aromatic rings. The normalized spacial score (nSPS) is 12.3. The highest BCUT2D eigenvalue weighted by Crippen LogP contribution is 2.18. The highest BCUT2D eigenvalue weighted by molar-refractivity contribution is 6.30. The minimum Gasteiger partial charge on any atom is -0.350 e. The zero-order chi connectivity index (χ0) is 16.2. The van der Waals surface area contributed by atoms with Crippen molar-refractivity contribution in [2.24, 2.45) is 0 Å². The van der Waals surface area contributed by atoms with E-state index in [0.717, 1.165) is 11.1 Å². The lowest BCUT2D eigenvalue weighted by Gasteiger charge is -2.15. The standard InChI is InChI=1S/C19H19ClN2O/c1-14(16-6-4-7-17(20)13-16)21-19(23)10-12-22-11-9-15-5-2-3-8-18(15)22/h2-9,11,13-14H,10,12H2,1H3,(H,21,23). The molecule has 0 aliphatic carbocycles. The van der Waals surface area contributed by atoms with Crippen molar-refractivity contribution >= 4 is 28.4 Å². The molecule has 0 spiro atoms. The number of hydrogen-bond donors (Lipinski definition) is 1. The fourth-order valence-electron chi connectivity index (χ4n) is 2.73. The summed E-state index contributed by atoms with van der Waals surface area (Å²) in [7, 11) is 0. The van der Waals surface area contributed by atoms with Gasteiger partial charge in [-0.2, -0.15) is 0 Å².